The van der Waals surface area contributed by atoms with E-state index < -0.39 is 0 Å². The SMILES string of the molecule is O=C1c2cc(N3CCN(CCC(c4ccccc4)c4ccccc4)CC3)ccc2CN1Cc1ccccc1Cl. The van der Waals surface area contributed by atoms with Crippen LogP contribution in [0.25, 0.3) is 0 Å². The van der Waals surface area contributed by atoms with Gasteiger partial charge in [0.05, 0.1) is 0 Å². The second kappa shape index (κ2) is 11.6. The van der Waals surface area contributed by atoms with Crippen LogP contribution in [0.1, 0.15) is 45.0 Å². The quantitative estimate of drug-likeness (QED) is 0.247. The average Bonchev–Trinajstić information content (AvgIpc) is 3.30. The van der Waals surface area contributed by atoms with Crippen LogP contribution in [-0.4, -0.2) is 48.4 Å². The van der Waals surface area contributed by atoms with E-state index >= 15 is 0 Å². The summed E-state index contributed by atoms with van der Waals surface area (Å²) < 4.78 is 0. The topological polar surface area (TPSA) is 26.8 Å². The molecule has 0 saturated carbocycles. The maximum absolute atomic E-state index is 13.2. The molecule has 5 heteroatoms. The zero-order valence-electron chi connectivity index (χ0n) is 22.2. The molecule has 0 atom stereocenters. The highest BCUT2D eigenvalue weighted by atomic mass is 35.5. The van der Waals surface area contributed by atoms with Gasteiger partial charge in [-0.1, -0.05) is 96.5 Å². The smallest absolute Gasteiger partial charge is 0.254 e. The van der Waals surface area contributed by atoms with Gasteiger partial charge in [-0.2, -0.15) is 0 Å². The van der Waals surface area contributed by atoms with Crippen LogP contribution in [-0.2, 0) is 13.1 Å². The minimum Gasteiger partial charge on any atom is -0.369 e. The molecule has 0 spiro atoms. The summed E-state index contributed by atoms with van der Waals surface area (Å²) in [6.07, 6.45) is 1.10. The molecule has 4 aromatic carbocycles. The Bertz CT molecular complexity index is 1380. The third-order valence-electron chi connectivity index (χ3n) is 8.17. The van der Waals surface area contributed by atoms with Gasteiger partial charge in [0.25, 0.3) is 5.91 Å². The molecule has 1 fully saturated rings. The minimum absolute atomic E-state index is 0.0956. The van der Waals surface area contributed by atoms with Gasteiger partial charge in [0.15, 0.2) is 0 Å². The van der Waals surface area contributed by atoms with Gasteiger partial charge >= 0.3 is 0 Å². The van der Waals surface area contributed by atoms with Crippen molar-refractivity contribution in [2.75, 3.05) is 37.6 Å². The number of amides is 1. The van der Waals surface area contributed by atoms with Gasteiger partial charge in [0.1, 0.15) is 0 Å². The normalized spacial score (nSPS) is 15.7. The molecular weight excluding hydrogens is 502 g/mol. The van der Waals surface area contributed by atoms with Gasteiger partial charge in [0, 0.05) is 61.5 Å². The van der Waals surface area contributed by atoms with Crippen LogP contribution < -0.4 is 4.90 Å². The van der Waals surface area contributed by atoms with Crippen molar-refractivity contribution in [3.63, 3.8) is 0 Å². The Balaban J connectivity index is 1.07. The molecule has 2 heterocycles. The number of fused-ring (bicyclic) bond motifs is 1. The van der Waals surface area contributed by atoms with Crippen LogP contribution in [0.15, 0.2) is 103 Å². The van der Waals surface area contributed by atoms with Crippen molar-refractivity contribution in [3.05, 3.63) is 136 Å². The molecular formula is C34H34ClN3O. The summed E-state index contributed by atoms with van der Waals surface area (Å²) >= 11 is 6.35. The monoisotopic (exact) mass is 535 g/mol. The minimum atomic E-state index is 0.0956. The molecule has 39 heavy (non-hydrogen) atoms. The second-order valence-electron chi connectivity index (χ2n) is 10.6. The molecule has 198 valence electrons. The van der Waals surface area contributed by atoms with E-state index in [1.807, 2.05) is 29.2 Å². The number of carbonyl (C=O) groups is 1. The number of carbonyl (C=O) groups excluding carboxylic acids is 1. The summed E-state index contributed by atoms with van der Waals surface area (Å²) in [5, 5.41) is 0.707. The lowest BCUT2D eigenvalue weighted by atomic mass is 9.88. The van der Waals surface area contributed by atoms with Crippen LogP contribution in [0.5, 0.6) is 0 Å². The lowest BCUT2D eigenvalue weighted by Gasteiger charge is -2.37. The molecule has 2 aliphatic heterocycles. The maximum atomic E-state index is 13.2. The molecule has 6 rings (SSSR count). The van der Waals surface area contributed by atoms with Crippen molar-refractivity contribution in [2.45, 2.75) is 25.4 Å². The van der Waals surface area contributed by atoms with Crippen LogP contribution in [0.4, 0.5) is 5.69 Å². The fraction of sp³-hybridized carbons (Fsp3) is 0.265. The molecule has 0 unspecified atom stereocenters. The first-order valence-corrected chi connectivity index (χ1v) is 14.3. The molecule has 0 aromatic heterocycles. The largest absolute Gasteiger partial charge is 0.369 e. The van der Waals surface area contributed by atoms with E-state index in [-0.39, 0.29) is 5.91 Å². The van der Waals surface area contributed by atoms with Crippen molar-refractivity contribution in [1.82, 2.24) is 9.80 Å². The molecule has 0 N–H and O–H groups in total. The van der Waals surface area contributed by atoms with Crippen molar-refractivity contribution in [2.24, 2.45) is 0 Å². The fourth-order valence-corrected chi connectivity index (χ4v) is 6.14. The molecule has 0 radical (unpaired) electrons. The Morgan fingerprint density at radius 3 is 2.05 bits per heavy atom. The Labute approximate surface area is 236 Å². The summed E-state index contributed by atoms with van der Waals surface area (Å²) in [4.78, 5) is 20.1. The Morgan fingerprint density at radius 2 is 1.38 bits per heavy atom. The van der Waals surface area contributed by atoms with E-state index in [0.717, 1.165) is 61.5 Å². The Kier molecular flexibility index (Phi) is 7.67. The number of benzene rings is 4. The fourth-order valence-electron chi connectivity index (χ4n) is 5.94. The van der Waals surface area contributed by atoms with Crippen LogP contribution >= 0.6 is 11.6 Å². The van der Waals surface area contributed by atoms with Crippen LogP contribution in [0, 0.1) is 0 Å². The number of halogens is 1. The van der Waals surface area contributed by atoms with Gasteiger partial charge in [-0.25, -0.2) is 0 Å². The number of rotatable bonds is 8. The average molecular weight is 536 g/mol. The maximum Gasteiger partial charge on any atom is 0.254 e. The first-order chi connectivity index (χ1) is 19.2. The van der Waals surface area contributed by atoms with E-state index in [2.05, 4.69) is 88.7 Å². The predicted molar refractivity (Wildman–Crippen MR) is 159 cm³/mol. The number of hydrogen-bond acceptors (Lipinski definition) is 3. The number of nitrogens with zero attached hydrogens (tertiary/aromatic N) is 3. The van der Waals surface area contributed by atoms with E-state index in [4.69, 9.17) is 11.6 Å². The zero-order chi connectivity index (χ0) is 26.6. The van der Waals surface area contributed by atoms with Gasteiger partial charge in [-0.15, -0.1) is 0 Å². The molecule has 4 nitrogen and oxygen atoms in total. The molecule has 2 aliphatic rings. The number of anilines is 1. The summed E-state index contributed by atoms with van der Waals surface area (Å²) in [6, 6.07) is 35.9. The standard InChI is InChI=1S/C34H34ClN3O/c35-33-14-8-7-13-29(33)25-38-24-28-15-16-30(23-32(28)34(38)39)37-21-19-36(20-22-37)18-17-31(26-9-3-1-4-10-26)27-11-5-2-6-12-27/h1-16,23,31H,17-22,24-25H2. The van der Waals surface area contributed by atoms with E-state index in [9.17, 15) is 4.79 Å². The molecule has 0 bridgehead atoms. The zero-order valence-corrected chi connectivity index (χ0v) is 22.9. The van der Waals surface area contributed by atoms with Gasteiger partial charge < -0.3 is 9.80 Å². The van der Waals surface area contributed by atoms with Crippen LogP contribution in [0.3, 0.4) is 0 Å². The lowest BCUT2D eigenvalue weighted by molar-refractivity contribution is 0.0767. The highest BCUT2D eigenvalue weighted by Crippen LogP contribution is 2.31. The number of piperazine rings is 1. The first-order valence-electron chi connectivity index (χ1n) is 13.9. The van der Waals surface area contributed by atoms with Gasteiger partial charge in [0.2, 0.25) is 0 Å². The third kappa shape index (κ3) is 5.73. The van der Waals surface area contributed by atoms with Gasteiger partial charge in [-0.3, -0.25) is 9.69 Å². The molecule has 0 aliphatic carbocycles. The van der Waals surface area contributed by atoms with Crippen molar-refractivity contribution in [3.8, 4) is 0 Å². The molecule has 1 saturated heterocycles. The van der Waals surface area contributed by atoms with Gasteiger partial charge in [-0.05, 0) is 53.4 Å². The Hall–Kier alpha value is -3.60. The predicted octanol–water partition coefficient (Wildman–Crippen LogP) is 6.84. The van der Waals surface area contributed by atoms with Crippen molar-refractivity contribution >= 4 is 23.2 Å². The van der Waals surface area contributed by atoms with E-state index in [1.54, 1.807) is 0 Å². The van der Waals surface area contributed by atoms with E-state index in [1.165, 1.54) is 11.1 Å². The summed E-state index contributed by atoms with van der Waals surface area (Å²) in [5.74, 6) is 0.500. The van der Waals surface area contributed by atoms with Crippen LogP contribution in [0.2, 0.25) is 5.02 Å². The molecule has 1 amide bonds. The number of hydrogen-bond donors (Lipinski definition) is 0. The Morgan fingerprint density at radius 1 is 0.744 bits per heavy atom. The summed E-state index contributed by atoms with van der Waals surface area (Å²) in [7, 11) is 0. The second-order valence-corrected chi connectivity index (χ2v) is 11.0. The first kappa shape index (κ1) is 25.7. The van der Waals surface area contributed by atoms with Crippen molar-refractivity contribution in [1.29, 1.82) is 0 Å². The third-order valence-corrected chi connectivity index (χ3v) is 8.54. The van der Waals surface area contributed by atoms with Crippen molar-refractivity contribution < 1.29 is 4.79 Å². The lowest BCUT2D eigenvalue weighted by Crippen LogP contribution is -2.46. The highest BCUT2D eigenvalue weighted by molar-refractivity contribution is 6.31. The van der Waals surface area contributed by atoms with E-state index in [0.29, 0.717) is 24.0 Å². The summed E-state index contributed by atoms with van der Waals surface area (Å²) in [5.41, 5.74) is 6.83. The molecule has 4 aromatic rings. The highest BCUT2D eigenvalue weighted by Gasteiger charge is 2.29. The summed E-state index contributed by atoms with van der Waals surface area (Å²) in [6.45, 7) is 6.24.